The molecule has 0 spiro atoms. The third-order valence-corrected chi connectivity index (χ3v) is 2.55. The Balaban J connectivity index is 1.79. The van der Waals surface area contributed by atoms with Crippen LogP contribution in [0.2, 0.25) is 5.02 Å². The third kappa shape index (κ3) is 5.60. The summed E-state index contributed by atoms with van der Waals surface area (Å²) in [6, 6.07) is 6.97. The lowest BCUT2D eigenvalue weighted by atomic mass is 10.3. The molecule has 1 aromatic heterocycles. The van der Waals surface area contributed by atoms with Crippen molar-refractivity contribution in [2.24, 2.45) is 0 Å². The van der Waals surface area contributed by atoms with Crippen LogP contribution in [0.5, 0.6) is 0 Å². The third-order valence-electron chi connectivity index (χ3n) is 2.29. The molecule has 1 N–H and O–H groups in total. The van der Waals surface area contributed by atoms with Gasteiger partial charge in [0.25, 0.3) is 0 Å². The molecule has 0 bridgehead atoms. The van der Waals surface area contributed by atoms with Crippen LogP contribution < -0.4 is 5.32 Å². The van der Waals surface area contributed by atoms with Gasteiger partial charge in [-0.15, -0.1) is 0 Å². The largest absolute Gasteiger partial charge is 0.411 e. The van der Waals surface area contributed by atoms with Crippen molar-refractivity contribution in [1.29, 1.82) is 0 Å². The summed E-state index contributed by atoms with van der Waals surface area (Å²) in [5.41, 5.74) is 0.799. The number of anilines is 1. The lowest BCUT2D eigenvalue weighted by Crippen LogP contribution is -2.17. The summed E-state index contributed by atoms with van der Waals surface area (Å²) in [7, 11) is 0. The fourth-order valence-corrected chi connectivity index (χ4v) is 1.55. The molecule has 0 unspecified atom stereocenters. The maximum Gasteiger partial charge on any atom is 0.411 e. The van der Waals surface area contributed by atoms with Gasteiger partial charge in [-0.05, 0) is 24.3 Å². The van der Waals surface area contributed by atoms with Crippen molar-refractivity contribution in [2.45, 2.75) is 19.3 Å². The van der Waals surface area contributed by atoms with Crippen LogP contribution in [0.15, 0.2) is 28.8 Å². The molecule has 0 aliphatic rings. The Morgan fingerprint density at radius 1 is 1.24 bits per heavy atom. The summed E-state index contributed by atoms with van der Waals surface area (Å²) in [5.74, 6) is 0.308. The Kier molecular flexibility index (Phi) is 5.03. The van der Waals surface area contributed by atoms with Gasteiger partial charge in [0, 0.05) is 10.7 Å². The van der Waals surface area contributed by atoms with Gasteiger partial charge in [-0.1, -0.05) is 16.8 Å². The highest BCUT2D eigenvalue weighted by Gasteiger charge is 2.27. The zero-order valence-electron chi connectivity index (χ0n) is 10.7. The summed E-state index contributed by atoms with van der Waals surface area (Å²) in [4.78, 5) is 3.90. The van der Waals surface area contributed by atoms with Crippen LogP contribution in [0, 0.1) is 0 Å². The molecule has 0 aliphatic heterocycles. The van der Waals surface area contributed by atoms with Gasteiger partial charge in [-0.25, -0.2) is 0 Å². The average Bonchev–Trinajstić information content (AvgIpc) is 2.85. The topological polar surface area (TPSA) is 60.2 Å². The molecular weight excluding hydrogens is 311 g/mol. The number of nitrogens with one attached hydrogen (secondary N) is 1. The van der Waals surface area contributed by atoms with Crippen molar-refractivity contribution in [3.63, 3.8) is 0 Å². The van der Waals surface area contributed by atoms with Crippen molar-refractivity contribution in [3.8, 4) is 0 Å². The molecule has 9 heteroatoms. The highest BCUT2D eigenvalue weighted by molar-refractivity contribution is 6.30. The summed E-state index contributed by atoms with van der Waals surface area (Å²) in [6.07, 6.45) is -4.37. The van der Waals surface area contributed by atoms with E-state index >= 15 is 0 Å². The SMILES string of the molecule is FC(F)(F)COCc1noc(CNc2ccc(Cl)cc2)n1. The van der Waals surface area contributed by atoms with E-state index in [0.29, 0.717) is 5.02 Å². The first-order valence-corrected chi connectivity index (χ1v) is 6.25. The van der Waals surface area contributed by atoms with Gasteiger partial charge in [0.05, 0.1) is 6.54 Å². The molecular formula is C12H11ClF3N3O2. The van der Waals surface area contributed by atoms with E-state index in [4.69, 9.17) is 16.1 Å². The van der Waals surface area contributed by atoms with E-state index in [0.717, 1.165) is 5.69 Å². The zero-order chi connectivity index (χ0) is 15.3. The van der Waals surface area contributed by atoms with Crippen LogP contribution in [-0.2, 0) is 17.9 Å². The molecule has 0 saturated heterocycles. The number of aromatic nitrogens is 2. The quantitative estimate of drug-likeness (QED) is 0.883. The standard InChI is InChI=1S/C12H11ClF3N3O2/c13-8-1-3-9(4-2-8)17-5-11-18-10(19-21-11)6-20-7-12(14,15)16/h1-4,17H,5-7H2. The number of benzene rings is 1. The van der Waals surface area contributed by atoms with Crippen molar-refractivity contribution in [3.05, 3.63) is 41.0 Å². The number of hydrogen-bond acceptors (Lipinski definition) is 5. The molecule has 5 nitrogen and oxygen atoms in total. The Morgan fingerprint density at radius 3 is 2.62 bits per heavy atom. The molecule has 0 fully saturated rings. The molecule has 0 amide bonds. The van der Waals surface area contributed by atoms with Crippen molar-refractivity contribution >= 4 is 17.3 Å². The minimum absolute atomic E-state index is 0.0622. The molecule has 1 heterocycles. The maximum atomic E-state index is 11.9. The predicted octanol–water partition coefficient (Wildman–Crippen LogP) is 3.41. The zero-order valence-corrected chi connectivity index (χ0v) is 11.4. The number of nitrogens with zero attached hydrogens (tertiary/aromatic N) is 2. The van der Waals surface area contributed by atoms with Gasteiger partial charge in [0.15, 0.2) is 5.82 Å². The van der Waals surface area contributed by atoms with Crippen molar-refractivity contribution in [2.75, 3.05) is 11.9 Å². The second-order valence-electron chi connectivity index (χ2n) is 4.07. The summed E-state index contributed by atoms with van der Waals surface area (Å²) in [5, 5.41) is 7.14. The van der Waals surface area contributed by atoms with Crippen LogP contribution in [0.3, 0.4) is 0 Å². The first-order chi connectivity index (χ1) is 9.92. The first-order valence-electron chi connectivity index (χ1n) is 5.88. The number of halogens is 4. The molecule has 2 rings (SSSR count). The van der Waals surface area contributed by atoms with Crippen LogP contribution in [0.25, 0.3) is 0 Å². The van der Waals surface area contributed by atoms with E-state index in [1.165, 1.54) is 0 Å². The highest BCUT2D eigenvalue weighted by atomic mass is 35.5. The number of ether oxygens (including phenoxy) is 1. The number of hydrogen-bond donors (Lipinski definition) is 1. The van der Waals surface area contributed by atoms with Crippen molar-refractivity contribution < 1.29 is 22.4 Å². The van der Waals surface area contributed by atoms with Crippen LogP contribution >= 0.6 is 11.6 Å². The van der Waals surface area contributed by atoms with E-state index in [9.17, 15) is 13.2 Å². The van der Waals surface area contributed by atoms with E-state index in [1.807, 2.05) is 0 Å². The van der Waals surface area contributed by atoms with E-state index < -0.39 is 12.8 Å². The molecule has 21 heavy (non-hydrogen) atoms. The minimum Gasteiger partial charge on any atom is -0.376 e. The molecule has 0 radical (unpaired) electrons. The fourth-order valence-electron chi connectivity index (χ4n) is 1.42. The Hall–Kier alpha value is -1.80. The van der Waals surface area contributed by atoms with Crippen molar-refractivity contribution in [1.82, 2.24) is 10.1 Å². The van der Waals surface area contributed by atoms with Crippen LogP contribution in [-0.4, -0.2) is 22.9 Å². The van der Waals surface area contributed by atoms with Gasteiger partial charge in [-0.2, -0.15) is 18.2 Å². The normalized spacial score (nSPS) is 11.6. The summed E-state index contributed by atoms with van der Waals surface area (Å²) >= 11 is 5.75. The second-order valence-corrected chi connectivity index (χ2v) is 4.51. The van der Waals surface area contributed by atoms with Gasteiger partial charge in [0.1, 0.15) is 13.2 Å². The fraction of sp³-hybridized carbons (Fsp3) is 0.333. The number of alkyl halides is 3. The molecule has 1 aromatic carbocycles. The Bertz CT molecular complexity index is 572. The Labute approximate surface area is 123 Å². The predicted molar refractivity (Wildman–Crippen MR) is 68.8 cm³/mol. The maximum absolute atomic E-state index is 11.9. The van der Waals surface area contributed by atoms with Gasteiger partial charge in [0.2, 0.25) is 5.89 Å². The van der Waals surface area contributed by atoms with E-state index in [-0.39, 0.29) is 24.9 Å². The van der Waals surface area contributed by atoms with Gasteiger partial charge < -0.3 is 14.6 Å². The monoisotopic (exact) mass is 321 g/mol. The van der Waals surface area contributed by atoms with E-state index in [2.05, 4.69) is 20.2 Å². The van der Waals surface area contributed by atoms with Gasteiger partial charge >= 0.3 is 6.18 Å². The Morgan fingerprint density at radius 2 is 1.95 bits per heavy atom. The molecule has 0 saturated carbocycles. The van der Waals surface area contributed by atoms with E-state index in [1.54, 1.807) is 24.3 Å². The van der Waals surface area contributed by atoms with Gasteiger partial charge in [-0.3, -0.25) is 0 Å². The first kappa shape index (κ1) is 15.6. The van der Waals surface area contributed by atoms with Crippen LogP contribution in [0.1, 0.15) is 11.7 Å². The summed E-state index contributed by atoms with van der Waals surface area (Å²) < 4.78 is 45.0. The lowest BCUT2D eigenvalue weighted by Gasteiger charge is -2.04. The molecule has 2 aromatic rings. The highest BCUT2D eigenvalue weighted by Crippen LogP contribution is 2.16. The minimum atomic E-state index is -4.37. The average molecular weight is 322 g/mol. The smallest absolute Gasteiger partial charge is 0.376 e. The molecule has 0 atom stereocenters. The summed E-state index contributed by atoms with van der Waals surface area (Å²) in [6.45, 7) is -1.46. The molecule has 0 aliphatic carbocycles. The van der Waals surface area contributed by atoms with Crippen LogP contribution in [0.4, 0.5) is 18.9 Å². The second kappa shape index (κ2) is 6.77. The molecule has 114 valence electrons. The number of rotatable bonds is 6. The lowest BCUT2D eigenvalue weighted by molar-refractivity contribution is -0.177.